The molecule has 1 saturated heterocycles. The Morgan fingerprint density at radius 1 is 1.21 bits per heavy atom. The van der Waals surface area contributed by atoms with Crippen LogP contribution in [0.3, 0.4) is 0 Å². The lowest BCUT2D eigenvalue weighted by atomic mass is 9.88. The van der Waals surface area contributed by atoms with Gasteiger partial charge in [0.05, 0.1) is 11.5 Å². The van der Waals surface area contributed by atoms with Gasteiger partial charge in [-0.15, -0.1) is 0 Å². The highest BCUT2D eigenvalue weighted by Gasteiger charge is 2.32. The molecule has 84 valence electrons. The van der Waals surface area contributed by atoms with E-state index in [1.54, 1.807) is 0 Å². The van der Waals surface area contributed by atoms with Gasteiger partial charge in [-0.3, -0.25) is 0 Å². The molecule has 0 spiro atoms. The fraction of sp³-hybridized carbons (Fsp3) is 1.00. The molecule has 1 fully saturated rings. The molecule has 2 atom stereocenters. The first-order valence-electron chi connectivity index (χ1n) is 5.14. The van der Waals surface area contributed by atoms with Crippen LogP contribution < -0.4 is 5.32 Å². The van der Waals surface area contributed by atoms with Gasteiger partial charge in [0.1, 0.15) is 0 Å². The van der Waals surface area contributed by atoms with Crippen molar-refractivity contribution in [3.63, 3.8) is 0 Å². The minimum absolute atomic E-state index is 0.0110. The predicted molar refractivity (Wildman–Crippen MR) is 59.1 cm³/mol. The van der Waals surface area contributed by atoms with Gasteiger partial charge in [0, 0.05) is 6.04 Å². The average Bonchev–Trinajstić information content (AvgIpc) is 2.05. The first-order valence-corrected chi connectivity index (χ1v) is 6.97. The molecule has 4 heteroatoms. The highest BCUT2D eigenvalue weighted by molar-refractivity contribution is 7.91. The van der Waals surface area contributed by atoms with Gasteiger partial charge >= 0.3 is 0 Å². The largest absolute Gasteiger partial charge is 0.312 e. The normalized spacial score (nSPS) is 33.7. The topological polar surface area (TPSA) is 46.2 Å². The molecule has 0 amide bonds. The molecule has 0 aliphatic carbocycles. The molecule has 1 heterocycles. The van der Waals surface area contributed by atoms with Crippen molar-refractivity contribution in [2.24, 2.45) is 11.3 Å². The van der Waals surface area contributed by atoms with Crippen molar-refractivity contribution in [2.45, 2.75) is 33.7 Å². The van der Waals surface area contributed by atoms with Crippen molar-refractivity contribution < 1.29 is 8.42 Å². The van der Waals surface area contributed by atoms with E-state index in [4.69, 9.17) is 0 Å². The van der Waals surface area contributed by atoms with Crippen LogP contribution in [0.4, 0.5) is 0 Å². The van der Waals surface area contributed by atoms with Gasteiger partial charge in [-0.05, 0) is 17.9 Å². The standard InChI is InChI=1S/C10H21NO2S/c1-8-5-11-9(10(2,3)4)7-14(12,13)6-8/h8-9,11H,5-7H2,1-4H3. The smallest absolute Gasteiger partial charge is 0.152 e. The molecule has 0 radical (unpaired) electrons. The molecule has 0 aromatic heterocycles. The SMILES string of the molecule is CC1CNC(C(C)(C)C)CS(=O)(=O)C1. The molecule has 1 N–H and O–H groups in total. The molecular formula is C10H21NO2S. The summed E-state index contributed by atoms with van der Waals surface area (Å²) in [6, 6.07) is 0.0810. The Morgan fingerprint density at radius 2 is 1.79 bits per heavy atom. The van der Waals surface area contributed by atoms with Crippen molar-refractivity contribution in [3.8, 4) is 0 Å². The Labute approximate surface area is 87.2 Å². The molecule has 0 saturated carbocycles. The molecule has 1 aliphatic rings. The summed E-state index contributed by atoms with van der Waals surface area (Å²) in [5.41, 5.74) is 0.0110. The molecular weight excluding hydrogens is 198 g/mol. The van der Waals surface area contributed by atoms with Gasteiger partial charge in [0.15, 0.2) is 9.84 Å². The van der Waals surface area contributed by atoms with E-state index >= 15 is 0 Å². The molecule has 0 aromatic rings. The van der Waals surface area contributed by atoms with Crippen molar-refractivity contribution >= 4 is 9.84 Å². The Hall–Kier alpha value is -0.0900. The number of hydrogen-bond donors (Lipinski definition) is 1. The predicted octanol–water partition coefficient (Wildman–Crippen LogP) is 1.06. The number of nitrogens with one attached hydrogen (secondary N) is 1. The zero-order valence-corrected chi connectivity index (χ0v) is 10.3. The number of rotatable bonds is 0. The number of sulfone groups is 1. The summed E-state index contributed by atoms with van der Waals surface area (Å²) < 4.78 is 23.4. The third kappa shape index (κ3) is 3.24. The summed E-state index contributed by atoms with van der Waals surface area (Å²) in [4.78, 5) is 0. The Kier molecular flexibility index (Phi) is 3.26. The Balaban J connectivity index is 2.83. The van der Waals surface area contributed by atoms with Gasteiger partial charge in [-0.25, -0.2) is 8.42 Å². The Bertz CT molecular complexity index is 290. The lowest BCUT2D eigenvalue weighted by molar-refractivity contribution is 0.285. The highest BCUT2D eigenvalue weighted by atomic mass is 32.2. The van der Waals surface area contributed by atoms with Crippen LogP contribution >= 0.6 is 0 Å². The summed E-state index contributed by atoms with van der Waals surface area (Å²) >= 11 is 0. The van der Waals surface area contributed by atoms with Crippen LogP contribution in [-0.2, 0) is 9.84 Å². The molecule has 3 nitrogen and oxygen atoms in total. The van der Waals surface area contributed by atoms with Crippen LogP contribution in [0.15, 0.2) is 0 Å². The van der Waals surface area contributed by atoms with Gasteiger partial charge < -0.3 is 5.32 Å². The Morgan fingerprint density at radius 3 is 2.29 bits per heavy atom. The summed E-state index contributed by atoms with van der Waals surface area (Å²) in [5.74, 6) is 0.834. The molecule has 2 unspecified atom stereocenters. The second-order valence-electron chi connectivity index (χ2n) is 5.51. The quantitative estimate of drug-likeness (QED) is 0.662. The van der Waals surface area contributed by atoms with E-state index in [-0.39, 0.29) is 23.1 Å². The van der Waals surface area contributed by atoms with Gasteiger partial charge in [-0.2, -0.15) is 0 Å². The van der Waals surface area contributed by atoms with E-state index in [0.29, 0.717) is 5.75 Å². The van der Waals surface area contributed by atoms with E-state index in [0.717, 1.165) is 6.54 Å². The van der Waals surface area contributed by atoms with Crippen molar-refractivity contribution in [1.82, 2.24) is 5.32 Å². The lowest BCUT2D eigenvalue weighted by Crippen LogP contribution is -2.44. The first kappa shape index (κ1) is 12.0. The minimum Gasteiger partial charge on any atom is -0.312 e. The summed E-state index contributed by atoms with van der Waals surface area (Å²) in [5, 5.41) is 3.35. The maximum absolute atomic E-state index is 11.7. The van der Waals surface area contributed by atoms with Crippen molar-refractivity contribution in [3.05, 3.63) is 0 Å². The maximum atomic E-state index is 11.7. The highest BCUT2D eigenvalue weighted by Crippen LogP contribution is 2.23. The second-order valence-corrected chi connectivity index (χ2v) is 7.66. The monoisotopic (exact) mass is 219 g/mol. The van der Waals surface area contributed by atoms with Crippen molar-refractivity contribution in [2.75, 3.05) is 18.1 Å². The second kappa shape index (κ2) is 3.81. The third-order valence-electron chi connectivity index (χ3n) is 2.72. The average molecular weight is 219 g/mol. The van der Waals surface area contributed by atoms with E-state index < -0.39 is 9.84 Å². The zero-order chi connectivity index (χ0) is 11.0. The van der Waals surface area contributed by atoms with Crippen LogP contribution in [0.5, 0.6) is 0 Å². The summed E-state index contributed by atoms with van der Waals surface area (Å²) in [6.07, 6.45) is 0. The maximum Gasteiger partial charge on any atom is 0.152 e. The fourth-order valence-electron chi connectivity index (χ4n) is 1.77. The summed E-state index contributed by atoms with van der Waals surface area (Å²) in [7, 11) is -2.86. The fourth-order valence-corrected chi connectivity index (χ4v) is 4.02. The van der Waals surface area contributed by atoms with Crippen LogP contribution in [0, 0.1) is 11.3 Å². The van der Waals surface area contributed by atoms with Crippen LogP contribution in [0.2, 0.25) is 0 Å². The molecule has 0 bridgehead atoms. The molecule has 0 aromatic carbocycles. The van der Waals surface area contributed by atoms with Gasteiger partial charge in [0.2, 0.25) is 0 Å². The molecule has 1 aliphatic heterocycles. The minimum atomic E-state index is -2.86. The van der Waals surface area contributed by atoms with Gasteiger partial charge in [-0.1, -0.05) is 27.7 Å². The molecule has 1 rings (SSSR count). The lowest BCUT2D eigenvalue weighted by Gasteiger charge is -2.29. The molecule has 14 heavy (non-hydrogen) atoms. The van der Waals surface area contributed by atoms with E-state index in [2.05, 4.69) is 26.1 Å². The summed E-state index contributed by atoms with van der Waals surface area (Å²) in [6.45, 7) is 9.03. The third-order valence-corrected chi connectivity index (χ3v) is 4.64. The van der Waals surface area contributed by atoms with Crippen molar-refractivity contribution in [1.29, 1.82) is 0 Å². The van der Waals surface area contributed by atoms with E-state index in [1.807, 2.05) is 6.92 Å². The van der Waals surface area contributed by atoms with Crippen LogP contribution in [0.25, 0.3) is 0 Å². The first-order chi connectivity index (χ1) is 6.21. The van der Waals surface area contributed by atoms with E-state index in [9.17, 15) is 8.42 Å². The van der Waals surface area contributed by atoms with E-state index in [1.165, 1.54) is 0 Å². The zero-order valence-electron chi connectivity index (χ0n) is 9.50. The number of hydrogen-bond acceptors (Lipinski definition) is 3. The van der Waals surface area contributed by atoms with Gasteiger partial charge in [0.25, 0.3) is 0 Å². The van der Waals surface area contributed by atoms with Crippen LogP contribution in [0.1, 0.15) is 27.7 Å². The van der Waals surface area contributed by atoms with Crippen LogP contribution in [-0.4, -0.2) is 32.5 Å².